The summed E-state index contributed by atoms with van der Waals surface area (Å²) in [6.45, 7) is 3.32. The number of aromatic nitrogens is 3. The van der Waals surface area contributed by atoms with Gasteiger partial charge in [-0.15, -0.1) is 24.0 Å². The molecule has 3 rings (SSSR count). The summed E-state index contributed by atoms with van der Waals surface area (Å²) in [6.07, 6.45) is 7.81. The highest BCUT2D eigenvalue weighted by atomic mass is 127. The minimum atomic E-state index is 0. The SMILES string of the molecule is CCNC(=NCc1ncnn1C)NC1CCCC(C(=O)NC2CC2)C1.I. The van der Waals surface area contributed by atoms with E-state index in [1.165, 1.54) is 6.33 Å². The summed E-state index contributed by atoms with van der Waals surface area (Å²) in [5.74, 6) is 1.95. The summed E-state index contributed by atoms with van der Waals surface area (Å²) in [6, 6.07) is 0.715. The number of carbonyl (C=O) groups excluding carboxylic acids is 1. The quantitative estimate of drug-likeness (QED) is 0.328. The minimum Gasteiger partial charge on any atom is -0.357 e. The van der Waals surface area contributed by atoms with Gasteiger partial charge < -0.3 is 16.0 Å². The first-order chi connectivity index (χ1) is 12.2. The van der Waals surface area contributed by atoms with Crippen molar-refractivity contribution in [2.24, 2.45) is 18.0 Å². The molecular weight excluding hydrogens is 445 g/mol. The molecule has 0 radical (unpaired) electrons. The fourth-order valence-corrected chi connectivity index (χ4v) is 3.23. The number of halogens is 1. The van der Waals surface area contributed by atoms with Crippen LogP contribution in [0.2, 0.25) is 0 Å². The molecular formula is C17H30IN7O. The van der Waals surface area contributed by atoms with Gasteiger partial charge in [-0.1, -0.05) is 6.42 Å². The van der Waals surface area contributed by atoms with Crippen LogP contribution in [-0.4, -0.2) is 45.3 Å². The predicted octanol–water partition coefficient (Wildman–Crippen LogP) is 1.33. The molecule has 3 N–H and O–H groups in total. The molecule has 1 aromatic heterocycles. The largest absolute Gasteiger partial charge is 0.357 e. The Morgan fingerprint density at radius 3 is 2.73 bits per heavy atom. The maximum absolute atomic E-state index is 12.3. The molecule has 2 unspecified atom stereocenters. The smallest absolute Gasteiger partial charge is 0.223 e. The van der Waals surface area contributed by atoms with Crippen molar-refractivity contribution < 1.29 is 4.79 Å². The minimum absolute atomic E-state index is 0. The highest BCUT2D eigenvalue weighted by Gasteiger charge is 2.31. The molecule has 2 aliphatic carbocycles. The summed E-state index contributed by atoms with van der Waals surface area (Å²) < 4.78 is 1.73. The Bertz CT molecular complexity index is 614. The van der Waals surface area contributed by atoms with Crippen LogP contribution in [0.3, 0.4) is 0 Å². The van der Waals surface area contributed by atoms with Crippen LogP contribution in [-0.2, 0) is 18.4 Å². The molecule has 1 heterocycles. The zero-order valence-corrected chi connectivity index (χ0v) is 17.9. The van der Waals surface area contributed by atoms with E-state index in [9.17, 15) is 4.79 Å². The van der Waals surface area contributed by atoms with Crippen LogP contribution in [0.5, 0.6) is 0 Å². The highest BCUT2D eigenvalue weighted by molar-refractivity contribution is 14.0. The van der Waals surface area contributed by atoms with E-state index in [-0.39, 0.29) is 41.8 Å². The monoisotopic (exact) mass is 475 g/mol. The van der Waals surface area contributed by atoms with Crippen molar-refractivity contribution in [1.82, 2.24) is 30.7 Å². The van der Waals surface area contributed by atoms with Crippen LogP contribution in [0.25, 0.3) is 0 Å². The number of aliphatic imine (C=N–C) groups is 1. The van der Waals surface area contributed by atoms with Gasteiger partial charge in [-0.05, 0) is 39.0 Å². The van der Waals surface area contributed by atoms with Crippen molar-refractivity contribution >= 4 is 35.8 Å². The van der Waals surface area contributed by atoms with Crippen LogP contribution < -0.4 is 16.0 Å². The molecule has 2 saturated carbocycles. The van der Waals surface area contributed by atoms with Gasteiger partial charge in [-0.3, -0.25) is 9.48 Å². The van der Waals surface area contributed by atoms with E-state index in [1.54, 1.807) is 4.68 Å². The Hall–Kier alpha value is -1.39. The summed E-state index contributed by atoms with van der Waals surface area (Å²) in [5, 5.41) is 14.0. The molecule has 1 amide bonds. The van der Waals surface area contributed by atoms with Crippen molar-refractivity contribution in [3.8, 4) is 0 Å². The maximum atomic E-state index is 12.3. The molecule has 146 valence electrons. The third-order valence-corrected chi connectivity index (χ3v) is 4.84. The fraction of sp³-hybridized carbons (Fsp3) is 0.765. The van der Waals surface area contributed by atoms with Gasteiger partial charge in [0.1, 0.15) is 18.7 Å². The van der Waals surface area contributed by atoms with Crippen LogP contribution in [0.1, 0.15) is 51.3 Å². The molecule has 8 nitrogen and oxygen atoms in total. The lowest BCUT2D eigenvalue weighted by Crippen LogP contribution is -2.47. The fourth-order valence-electron chi connectivity index (χ4n) is 3.23. The molecule has 0 saturated heterocycles. The van der Waals surface area contributed by atoms with Crippen molar-refractivity contribution in [3.63, 3.8) is 0 Å². The van der Waals surface area contributed by atoms with E-state index in [2.05, 4.69) is 31.0 Å². The molecule has 0 bridgehead atoms. The van der Waals surface area contributed by atoms with E-state index < -0.39 is 0 Å². The highest BCUT2D eigenvalue weighted by Crippen LogP contribution is 2.26. The molecule has 0 aromatic carbocycles. The number of hydrogen-bond donors (Lipinski definition) is 3. The van der Waals surface area contributed by atoms with Crippen LogP contribution in [0.4, 0.5) is 0 Å². The standard InChI is InChI=1S/C17H29N7O.HI/c1-3-18-17(19-10-15-20-11-21-24(15)2)23-14-6-4-5-12(9-14)16(25)22-13-7-8-13;/h11-14H,3-10H2,1-2H3,(H,22,25)(H2,18,19,23);1H. The molecule has 2 fully saturated rings. The average molecular weight is 475 g/mol. The number of hydrogen-bond acceptors (Lipinski definition) is 4. The third kappa shape index (κ3) is 6.10. The van der Waals surface area contributed by atoms with Gasteiger partial charge in [-0.2, -0.15) is 5.10 Å². The lowest BCUT2D eigenvalue weighted by molar-refractivity contribution is -0.126. The van der Waals surface area contributed by atoms with Gasteiger partial charge >= 0.3 is 0 Å². The molecule has 2 aliphatic rings. The van der Waals surface area contributed by atoms with E-state index in [0.29, 0.717) is 12.6 Å². The van der Waals surface area contributed by atoms with Crippen LogP contribution in [0.15, 0.2) is 11.3 Å². The lowest BCUT2D eigenvalue weighted by atomic mass is 9.85. The normalized spacial score (nSPS) is 23.1. The Kier molecular flexibility index (Phi) is 8.11. The second-order valence-corrected chi connectivity index (χ2v) is 6.98. The average Bonchev–Trinajstić information content (AvgIpc) is 3.32. The van der Waals surface area contributed by atoms with Crippen LogP contribution in [0, 0.1) is 5.92 Å². The van der Waals surface area contributed by atoms with Gasteiger partial charge in [0.25, 0.3) is 0 Å². The zero-order chi connectivity index (χ0) is 17.6. The van der Waals surface area contributed by atoms with Gasteiger partial charge in [0.05, 0.1) is 0 Å². The summed E-state index contributed by atoms with van der Waals surface area (Å²) in [5.41, 5.74) is 0. The number of amides is 1. The number of carbonyl (C=O) groups is 1. The first kappa shape index (κ1) is 20.9. The van der Waals surface area contributed by atoms with Gasteiger partial charge in [-0.25, -0.2) is 9.98 Å². The molecule has 9 heteroatoms. The molecule has 0 aliphatic heterocycles. The number of guanidine groups is 1. The van der Waals surface area contributed by atoms with Gasteiger partial charge in [0, 0.05) is 31.6 Å². The number of rotatable bonds is 6. The van der Waals surface area contributed by atoms with Gasteiger partial charge in [0.2, 0.25) is 5.91 Å². The second-order valence-electron chi connectivity index (χ2n) is 6.98. The molecule has 2 atom stereocenters. The topological polar surface area (TPSA) is 96.2 Å². The number of nitrogens with one attached hydrogen (secondary N) is 3. The van der Waals surface area contributed by atoms with Crippen molar-refractivity contribution in [2.45, 2.75) is 64.1 Å². The maximum Gasteiger partial charge on any atom is 0.223 e. The summed E-state index contributed by atoms with van der Waals surface area (Å²) >= 11 is 0. The number of nitrogens with zero attached hydrogens (tertiary/aromatic N) is 4. The predicted molar refractivity (Wildman–Crippen MR) is 111 cm³/mol. The Labute approximate surface area is 172 Å². The second kappa shape index (κ2) is 10.1. The Morgan fingerprint density at radius 2 is 2.08 bits per heavy atom. The van der Waals surface area contributed by atoms with Gasteiger partial charge in [0.15, 0.2) is 5.96 Å². The number of aryl methyl sites for hydroxylation is 1. The first-order valence-electron chi connectivity index (χ1n) is 9.33. The first-order valence-corrected chi connectivity index (χ1v) is 9.33. The van der Waals surface area contributed by atoms with E-state index in [4.69, 9.17) is 0 Å². The third-order valence-electron chi connectivity index (χ3n) is 4.84. The van der Waals surface area contributed by atoms with Crippen LogP contribution >= 0.6 is 24.0 Å². The van der Waals surface area contributed by atoms with Crippen molar-refractivity contribution in [3.05, 3.63) is 12.2 Å². The molecule has 26 heavy (non-hydrogen) atoms. The molecule has 0 spiro atoms. The lowest BCUT2D eigenvalue weighted by Gasteiger charge is -2.30. The molecule has 1 aromatic rings. The van der Waals surface area contributed by atoms with Crippen molar-refractivity contribution in [1.29, 1.82) is 0 Å². The van der Waals surface area contributed by atoms with E-state index in [1.807, 2.05) is 14.0 Å². The Morgan fingerprint density at radius 1 is 1.27 bits per heavy atom. The summed E-state index contributed by atoms with van der Waals surface area (Å²) in [4.78, 5) is 21.1. The summed E-state index contributed by atoms with van der Waals surface area (Å²) in [7, 11) is 1.86. The van der Waals surface area contributed by atoms with Crippen molar-refractivity contribution in [2.75, 3.05) is 6.54 Å². The Balaban J connectivity index is 0.00000243. The van der Waals surface area contributed by atoms with E-state index >= 15 is 0 Å². The zero-order valence-electron chi connectivity index (χ0n) is 15.6. The van der Waals surface area contributed by atoms with E-state index in [0.717, 1.165) is 56.9 Å².